The van der Waals surface area contributed by atoms with E-state index in [1.807, 2.05) is 11.3 Å². The summed E-state index contributed by atoms with van der Waals surface area (Å²) in [6.07, 6.45) is 4.46. The van der Waals surface area contributed by atoms with E-state index < -0.39 is 0 Å². The summed E-state index contributed by atoms with van der Waals surface area (Å²) in [6, 6.07) is 4.54. The van der Waals surface area contributed by atoms with E-state index in [2.05, 4.69) is 35.0 Å². The highest BCUT2D eigenvalue weighted by Crippen LogP contribution is 2.64. The average Bonchev–Trinajstić information content (AvgIpc) is 2.56. The lowest BCUT2D eigenvalue weighted by molar-refractivity contribution is 0.586. The van der Waals surface area contributed by atoms with Crippen molar-refractivity contribution in [1.82, 2.24) is 0 Å². The lowest BCUT2D eigenvalue weighted by atomic mass is 10.1. The number of halogens is 1. The van der Waals surface area contributed by atoms with Gasteiger partial charge in [0.1, 0.15) is 0 Å². The van der Waals surface area contributed by atoms with E-state index in [9.17, 15) is 0 Å². The minimum absolute atomic E-state index is 0.650. The number of hydrogen-bond donors (Lipinski definition) is 0. The molecule has 3 atom stereocenters. The molecule has 0 radical (unpaired) electrons. The van der Waals surface area contributed by atoms with Gasteiger partial charge in [-0.05, 0) is 49.7 Å². The first-order valence-electron chi connectivity index (χ1n) is 5.48. The van der Waals surface area contributed by atoms with Crippen LogP contribution < -0.4 is 0 Å². The van der Waals surface area contributed by atoms with Crippen molar-refractivity contribution in [3.05, 3.63) is 21.9 Å². The fourth-order valence-electron chi connectivity index (χ4n) is 3.10. The van der Waals surface area contributed by atoms with Crippen LogP contribution >= 0.6 is 27.3 Å². The Bertz CT molecular complexity index is 334. The van der Waals surface area contributed by atoms with Crippen LogP contribution in [0, 0.1) is 24.7 Å². The third-order valence-electron chi connectivity index (χ3n) is 3.84. The monoisotopic (exact) mass is 270 g/mol. The molecule has 1 heterocycles. The van der Waals surface area contributed by atoms with Crippen LogP contribution in [0.15, 0.2) is 12.1 Å². The van der Waals surface area contributed by atoms with Gasteiger partial charge in [0.2, 0.25) is 0 Å². The van der Waals surface area contributed by atoms with Gasteiger partial charge < -0.3 is 0 Å². The quantitative estimate of drug-likeness (QED) is 0.693. The van der Waals surface area contributed by atoms with E-state index in [1.165, 1.54) is 24.1 Å². The molecule has 0 N–H and O–H groups in total. The molecular weight excluding hydrogens is 256 g/mol. The maximum atomic E-state index is 3.89. The van der Waals surface area contributed by atoms with Gasteiger partial charge in [-0.1, -0.05) is 22.4 Å². The number of rotatable bonds is 2. The molecule has 2 saturated carbocycles. The van der Waals surface area contributed by atoms with Crippen molar-refractivity contribution in [2.24, 2.45) is 17.8 Å². The fraction of sp³-hybridized carbons (Fsp3) is 0.667. The van der Waals surface area contributed by atoms with Crippen molar-refractivity contribution in [2.75, 3.05) is 0 Å². The Hall–Kier alpha value is 0.180. The Morgan fingerprint density at radius 2 is 2.07 bits per heavy atom. The van der Waals surface area contributed by atoms with Gasteiger partial charge in [0.15, 0.2) is 0 Å². The zero-order chi connectivity index (χ0) is 9.71. The van der Waals surface area contributed by atoms with Gasteiger partial charge in [-0.2, -0.15) is 0 Å². The van der Waals surface area contributed by atoms with Crippen LogP contribution in [0.25, 0.3) is 0 Å². The maximum Gasteiger partial charge on any atom is 0.0522 e. The molecule has 0 spiro atoms. The van der Waals surface area contributed by atoms with Crippen molar-refractivity contribution in [3.63, 3.8) is 0 Å². The van der Waals surface area contributed by atoms with Gasteiger partial charge in [-0.3, -0.25) is 0 Å². The first-order valence-corrected chi connectivity index (χ1v) is 7.21. The fourth-order valence-corrected chi connectivity index (χ4v) is 5.23. The first-order chi connectivity index (χ1) is 6.77. The topological polar surface area (TPSA) is 0 Å². The second-order valence-corrected chi connectivity index (χ2v) is 6.99. The molecule has 2 heteroatoms. The molecule has 2 aliphatic rings. The third-order valence-corrected chi connectivity index (χ3v) is 6.33. The summed E-state index contributed by atoms with van der Waals surface area (Å²) < 4.78 is 0. The summed E-state index contributed by atoms with van der Waals surface area (Å²) in [5, 5.41) is 0. The summed E-state index contributed by atoms with van der Waals surface area (Å²) >= 11 is 5.85. The minimum Gasteiger partial charge on any atom is -0.145 e. The number of hydrogen-bond acceptors (Lipinski definition) is 1. The van der Waals surface area contributed by atoms with Crippen molar-refractivity contribution >= 4 is 27.3 Å². The zero-order valence-corrected chi connectivity index (χ0v) is 10.8. The zero-order valence-electron chi connectivity index (χ0n) is 8.37. The lowest BCUT2D eigenvalue weighted by Crippen LogP contribution is -1.95. The highest BCUT2D eigenvalue weighted by Gasteiger charge is 2.55. The molecule has 0 amide bonds. The molecule has 3 rings (SSSR count). The van der Waals surface area contributed by atoms with Crippen molar-refractivity contribution < 1.29 is 0 Å². The molecule has 0 bridgehead atoms. The first kappa shape index (κ1) is 9.41. The van der Waals surface area contributed by atoms with Gasteiger partial charge in [0.25, 0.3) is 0 Å². The Balaban J connectivity index is 1.75. The van der Waals surface area contributed by atoms with Gasteiger partial charge in [0.05, 0.1) is 4.83 Å². The molecule has 0 aromatic carbocycles. The van der Waals surface area contributed by atoms with Crippen LogP contribution in [-0.4, -0.2) is 0 Å². The highest BCUT2D eigenvalue weighted by atomic mass is 79.9. The van der Waals surface area contributed by atoms with Gasteiger partial charge >= 0.3 is 0 Å². The molecule has 0 saturated heterocycles. The molecule has 14 heavy (non-hydrogen) atoms. The molecule has 1 aromatic heterocycles. The Kier molecular flexibility index (Phi) is 2.25. The van der Waals surface area contributed by atoms with Crippen LogP contribution in [0.4, 0.5) is 0 Å². The van der Waals surface area contributed by atoms with Crippen LogP contribution in [0.5, 0.6) is 0 Å². The number of alkyl halides is 1. The molecule has 0 aliphatic heterocycles. The minimum atomic E-state index is 0.650. The summed E-state index contributed by atoms with van der Waals surface area (Å²) in [4.78, 5) is 3.63. The number of thiophene rings is 1. The molecule has 0 nitrogen and oxygen atoms in total. The van der Waals surface area contributed by atoms with E-state index in [0.717, 1.165) is 17.8 Å². The second-order valence-electron chi connectivity index (χ2n) is 4.69. The van der Waals surface area contributed by atoms with Crippen molar-refractivity contribution in [1.29, 1.82) is 0 Å². The van der Waals surface area contributed by atoms with E-state index in [4.69, 9.17) is 0 Å². The number of aryl methyl sites for hydroxylation is 1. The maximum absolute atomic E-state index is 3.89. The molecule has 76 valence electrons. The van der Waals surface area contributed by atoms with Crippen LogP contribution in [-0.2, 0) is 0 Å². The van der Waals surface area contributed by atoms with Crippen molar-refractivity contribution in [3.8, 4) is 0 Å². The molecule has 2 aliphatic carbocycles. The van der Waals surface area contributed by atoms with Crippen LogP contribution in [0.1, 0.15) is 33.8 Å². The van der Waals surface area contributed by atoms with Crippen LogP contribution in [0.3, 0.4) is 0 Å². The predicted octanol–water partition coefficient (Wildman–Crippen LogP) is 4.54. The van der Waals surface area contributed by atoms with E-state index in [0.29, 0.717) is 4.83 Å². The Morgan fingerprint density at radius 1 is 1.36 bits per heavy atom. The lowest BCUT2D eigenvalue weighted by Gasteiger charge is -2.09. The molecule has 2 fully saturated rings. The standard InChI is InChI=1S/C12H15BrS/c1-7-5-6-10(14-7)12(13)11-8-3-2-4-9(8)11/h5-6,8-9,11-12H,2-4H2,1H3. The van der Waals surface area contributed by atoms with Gasteiger partial charge in [-0.15, -0.1) is 11.3 Å². The number of fused-ring (bicyclic) bond motifs is 1. The normalized spacial score (nSPS) is 36.9. The predicted molar refractivity (Wildman–Crippen MR) is 65.0 cm³/mol. The summed E-state index contributed by atoms with van der Waals surface area (Å²) in [7, 11) is 0. The van der Waals surface area contributed by atoms with E-state index in [1.54, 1.807) is 4.88 Å². The van der Waals surface area contributed by atoms with E-state index in [-0.39, 0.29) is 0 Å². The molecular formula is C12H15BrS. The summed E-state index contributed by atoms with van der Waals surface area (Å²) in [5.41, 5.74) is 0. The largest absolute Gasteiger partial charge is 0.145 e. The Morgan fingerprint density at radius 3 is 2.64 bits per heavy atom. The smallest absolute Gasteiger partial charge is 0.0522 e. The molecule has 3 unspecified atom stereocenters. The Labute approximate surface area is 97.8 Å². The second kappa shape index (κ2) is 3.34. The van der Waals surface area contributed by atoms with E-state index >= 15 is 0 Å². The average molecular weight is 271 g/mol. The summed E-state index contributed by atoms with van der Waals surface area (Å²) in [6.45, 7) is 2.20. The summed E-state index contributed by atoms with van der Waals surface area (Å²) in [5.74, 6) is 3.07. The SMILES string of the molecule is Cc1ccc(C(Br)C2C3CCCC32)s1. The van der Waals surface area contributed by atoms with Crippen molar-refractivity contribution in [2.45, 2.75) is 31.0 Å². The highest BCUT2D eigenvalue weighted by molar-refractivity contribution is 9.09. The molecule has 1 aromatic rings. The van der Waals surface area contributed by atoms with Gasteiger partial charge in [0, 0.05) is 9.75 Å². The van der Waals surface area contributed by atoms with Gasteiger partial charge in [-0.25, -0.2) is 0 Å². The third kappa shape index (κ3) is 1.38. The van der Waals surface area contributed by atoms with Crippen LogP contribution in [0.2, 0.25) is 0 Å².